The number of aromatic nitrogens is 2. The van der Waals surface area contributed by atoms with Crippen LogP contribution in [0.2, 0.25) is 5.02 Å². The third-order valence-corrected chi connectivity index (χ3v) is 6.23. The summed E-state index contributed by atoms with van der Waals surface area (Å²) in [5.41, 5.74) is 4.47. The monoisotopic (exact) mass is 394 g/mol. The lowest BCUT2D eigenvalue weighted by molar-refractivity contribution is -0.136. The standard InChI is InChI=1S/C22H23ClN4O/c23-17-4-3-5-18(15-17)25-10-12-26(13-11-25)22(28)16-7-8-19-20(14-16)27-9-2-1-6-21(27)24-19/h1-6,9,15-16H,7-8,10-14H2. The van der Waals surface area contributed by atoms with Gasteiger partial charge in [0.2, 0.25) is 5.91 Å². The van der Waals surface area contributed by atoms with E-state index in [2.05, 4.69) is 21.6 Å². The van der Waals surface area contributed by atoms with Gasteiger partial charge in [-0.15, -0.1) is 0 Å². The Morgan fingerprint density at radius 3 is 2.75 bits per heavy atom. The fraction of sp³-hybridized carbons (Fsp3) is 0.364. The molecular formula is C22H23ClN4O. The van der Waals surface area contributed by atoms with Gasteiger partial charge in [-0.3, -0.25) is 4.79 Å². The number of amides is 1. The molecule has 0 spiro atoms. The largest absolute Gasteiger partial charge is 0.368 e. The number of rotatable bonds is 2. The van der Waals surface area contributed by atoms with Crippen LogP contribution in [-0.2, 0) is 17.6 Å². The number of aryl methyl sites for hydroxylation is 1. The van der Waals surface area contributed by atoms with Gasteiger partial charge in [-0.25, -0.2) is 4.98 Å². The molecule has 28 heavy (non-hydrogen) atoms. The predicted octanol–water partition coefficient (Wildman–Crippen LogP) is 3.44. The summed E-state index contributed by atoms with van der Waals surface area (Å²) in [7, 11) is 0. The first-order chi connectivity index (χ1) is 13.7. The number of nitrogens with zero attached hydrogens (tertiary/aromatic N) is 4. The van der Waals surface area contributed by atoms with Crippen molar-refractivity contribution in [3.8, 4) is 0 Å². The lowest BCUT2D eigenvalue weighted by Crippen LogP contribution is -2.51. The quantitative estimate of drug-likeness (QED) is 0.668. The lowest BCUT2D eigenvalue weighted by Gasteiger charge is -2.38. The van der Waals surface area contributed by atoms with E-state index in [0.717, 1.165) is 67.5 Å². The number of halogens is 1. The van der Waals surface area contributed by atoms with Crippen LogP contribution in [0.15, 0.2) is 48.7 Å². The summed E-state index contributed by atoms with van der Waals surface area (Å²) < 4.78 is 2.14. The van der Waals surface area contributed by atoms with Crippen LogP contribution in [0, 0.1) is 5.92 Å². The Bertz CT molecular complexity index is 1020. The van der Waals surface area contributed by atoms with Crippen molar-refractivity contribution in [2.24, 2.45) is 5.92 Å². The highest BCUT2D eigenvalue weighted by molar-refractivity contribution is 6.30. The first-order valence-electron chi connectivity index (χ1n) is 9.93. The van der Waals surface area contributed by atoms with Crippen LogP contribution < -0.4 is 4.90 Å². The van der Waals surface area contributed by atoms with Crippen molar-refractivity contribution in [3.63, 3.8) is 0 Å². The van der Waals surface area contributed by atoms with E-state index < -0.39 is 0 Å². The Morgan fingerprint density at radius 2 is 1.93 bits per heavy atom. The number of piperazine rings is 1. The smallest absolute Gasteiger partial charge is 0.226 e. The maximum absolute atomic E-state index is 13.2. The maximum atomic E-state index is 13.2. The molecule has 1 aromatic carbocycles. The third-order valence-electron chi connectivity index (χ3n) is 6.00. The van der Waals surface area contributed by atoms with Gasteiger partial charge in [-0.2, -0.15) is 0 Å². The van der Waals surface area contributed by atoms with Crippen LogP contribution in [0.5, 0.6) is 0 Å². The van der Waals surface area contributed by atoms with Gasteiger partial charge in [-0.1, -0.05) is 23.7 Å². The predicted molar refractivity (Wildman–Crippen MR) is 111 cm³/mol. The summed E-state index contributed by atoms with van der Waals surface area (Å²) >= 11 is 6.12. The highest BCUT2D eigenvalue weighted by Gasteiger charge is 2.32. The highest BCUT2D eigenvalue weighted by Crippen LogP contribution is 2.28. The molecule has 1 saturated heterocycles. The molecule has 144 valence electrons. The molecule has 1 amide bonds. The van der Waals surface area contributed by atoms with Crippen LogP contribution in [0.25, 0.3) is 5.65 Å². The molecule has 0 radical (unpaired) electrons. The highest BCUT2D eigenvalue weighted by atomic mass is 35.5. The summed E-state index contributed by atoms with van der Waals surface area (Å²) in [6.07, 6.45) is 4.62. The minimum atomic E-state index is 0.0605. The number of carbonyl (C=O) groups excluding carboxylic acids is 1. The Labute approximate surface area is 169 Å². The zero-order valence-electron chi connectivity index (χ0n) is 15.7. The molecule has 0 saturated carbocycles. The van der Waals surface area contributed by atoms with E-state index >= 15 is 0 Å². The molecule has 1 unspecified atom stereocenters. The summed E-state index contributed by atoms with van der Waals surface area (Å²) in [5.74, 6) is 0.354. The molecule has 2 aromatic heterocycles. The minimum Gasteiger partial charge on any atom is -0.368 e. The SMILES string of the molecule is O=C(C1CCc2nc3ccccn3c2C1)N1CCN(c2cccc(Cl)c2)CC1. The van der Waals surface area contributed by atoms with Crippen LogP contribution in [-0.4, -0.2) is 46.4 Å². The molecule has 1 atom stereocenters. The van der Waals surface area contributed by atoms with Crippen molar-refractivity contribution in [1.29, 1.82) is 0 Å². The molecule has 3 aromatic rings. The maximum Gasteiger partial charge on any atom is 0.226 e. The topological polar surface area (TPSA) is 40.9 Å². The number of anilines is 1. The second kappa shape index (κ2) is 7.13. The Morgan fingerprint density at radius 1 is 1.07 bits per heavy atom. The van der Waals surface area contributed by atoms with Gasteiger partial charge in [-0.05, 0) is 43.2 Å². The molecule has 6 heteroatoms. The molecule has 1 aliphatic carbocycles. The van der Waals surface area contributed by atoms with Gasteiger partial charge < -0.3 is 14.2 Å². The van der Waals surface area contributed by atoms with Crippen LogP contribution in [0.3, 0.4) is 0 Å². The van der Waals surface area contributed by atoms with Gasteiger partial charge in [0.15, 0.2) is 0 Å². The van der Waals surface area contributed by atoms with Crippen molar-refractivity contribution in [2.45, 2.75) is 19.3 Å². The summed E-state index contributed by atoms with van der Waals surface area (Å²) in [4.78, 5) is 22.3. The molecular weight excluding hydrogens is 372 g/mol. The summed E-state index contributed by atoms with van der Waals surface area (Å²) in [6, 6.07) is 14.0. The molecule has 3 heterocycles. The molecule has 2 aliphatic rings. The van der Waals surface area contributed by atoms with Crippen molar-refractivity contribution >= 4 is 28.8 Å². The average molecular weight is 395 g/mol. The van der Waals surface area contributed by atoms with Crippen molar-refractivity contribution < 1.29 is 4.79 Å². The Kier molecular flexibility index (Phi) is 4.47. The second-order valence-corrected chi connectivity index (χ2v) is 8.10. The number of benzene rings is 1. The van der Waals surface area contributed by atoms with Crippen molar-refractivity contribution in [2.75, 3.05) is 31.1 Å². The number of pyridine rings is 1. The lowest BCUT2D eigenvalue weighted by atomic mass is 9.88. The van der Waals surface area contributed by atoms with Gasteiger partial charge in [0.05, 0.1) is 5.69 Å². The summed E-state index contributed by atoms with van der Waals surface area (Å²) in [6.45, 7) is 3.23. The molecule has 5 rings (SSSR count). The van der Waals surface area contributed by atoms with E-state index in [1.807, 2.05) is 41.3 Å². The second-order valence-electron chi connectivity index (χ2n) is 7.67. The third kappa shape index (κ3) is 3.14. The van der Waals surface area contributed by atoms with Gasteiger partial charge >= 0.3 is 0 Å². The fourth-order valence-electron chi connectivity index (χ4n) is 4.48. The number of hydrogen-bond acceptors (Lipinski definition) is 3. The molecule has 1 aliphatic heterocycles. The molecule has 1 fully saturated rings. The van der Waals surface area contributed by atoms with E-state index in [0.29, 0.717) is 5.91 Å². The first-order valence-corrected chi connectivity index (χ1v) is 10.3. The zero-order valence-corrected chi connectivity index (χ0v) is 16.5. The van der Waals surface area contributed by atoms with E-state index in [4.69, 9.17) is 16.6 Å². The van der Waals surface area contributed by atoms with Gasteiger partial charge in [0.25, 0.3) is 0 Å². The zero-order chi connectivity index (χ0) is 19.1. The fourth-order valence-corrected chi connectivity index (χ4v) is 4.67. The minimum absolute atomic E-state index is 0.0605. The molecule has 0 bridgehead atoms. The number of carbonyl (C=O) groups is 1. The summed E-state index contributed by atoms with van der Waals surface area (Å²) in [5, 5.41) is 0.752. The van der Waals surface area contributed by atoms with E-state index in [-0.39, 0.29) is 5.92 Å². The van der Waals surface area contributed by atoms with E-state index in [1.165, 1.54) is 5.69 Å². The van der Waals surface area contributed by atoms with E-state index in [9.17, 15) is 4.79 Å². The Hall–Kier alpha value is -2.53. The first kappa shape index (κ1) is 17.6. The normalized spacial score (nSPS) is 19.7. The molecule has 5 nitrogen and oxygen atoms in total. The van der Waals surface area contributed by atoms with Crippen molar-refractivity contribution in [1.82, 2.24) is 14.3 Å². The number of imidazole rings is 1. The molecule has 0 N–H and O–H groups in total. The van der Waals surface area contributed by atoms with Crippen LogP contribution in [0.4, 0.5) is 5.69 Å². The van der Waals surface area contributed by atoms with Crippen LogP contribution in [0.1, 0.15) is 17.8 Å². The van der Waals surface area contributed by atoms with E-state index in [1.54, 1.807) is 0 Å². The number of hydrogen-bond donors (Lipinski definition) is 0. The van der Waals surface area contributed by atoms with Gasteiger partial charge in [0.1, 0.15) is 5.65 Å². The van der Waals surface area contributed by atoms with Crippen LogP contribution >= 0.6 is 11.6 Å². The van der Waals surface area contributed by atoms with Crippen molar-refractivity contribution in [3.05, 3.63) is 65.1 Å². The Balaban J connectivity index is 1.26. The number of fused-ring (bicyclic) bond motifs is 3. The van der Waals surface area contributed by atoms with Gasteiger partial charge in [0, 0.05) is 61.1 Å². The average Bonchev–Trinajstić information content (AvgIpc) is 3.11.